The summed E-state index contributed by atoms with van der Waals surface area (Å²) >= 11 is 0. The van der Waals surface area contributed by atoms with Crippen LogP contribution in [0.2, 0.25) is 0 Å². The summed E-state index contributed by atoms with van der Waals surface area (Å²) in [6.45, 7) is 0.995. The van der Waals surface area contributed by atoms with Crippen LogP contribution in [0.4, 0.5) is 0 Å². The Labute approximate surface area is 129 Å². The highest BCUT2D eigenvalue weighted by molar-refractivity contribution is 7.88. The Balaban J connectivity index is 1.74. The molecule has 7 heteroatoms. The van der Waals surface area contributed by atoms with Crippen LogP contribution in [0.5, 0.6) is 0 Å². The number of morpholine rings is 1. The van der Waals surface area contributed by atoms with Gasteiger partial charge in [-0.2, -0.15) is 4.31 Å². The number of hydrogen-bond acceptors (Lipinski definition) is 5. The van der Waals surface area contributed by atoms with E-state index >= 15 is 0 Å². The Hall–Kier alpha value is -1.83. The predicted octanol–water partition coefficient (Wildman–Crippen LogP) is 1.38. The fourth-order valence-electron chi connectivity index (χ4n) is 2.41. The van der Waals surface area contributed by atoms with Crippen LogP contribution in [0.15, 0.2) is 48.9 Å². The summed E-state index contributed by atoms with van der Waals surface area (Å²) in [4.78, 5) is 8.20. The minimum atomic E-state index is -3.37. The summed E-state index contributed by atoms with van der Waals surface area (Å²) in [5.41, 5.74) is 1.44. The van der Waals surface area contributed by atoms with E-state index in [0.29, 0.717) is 18.8 Å². The van der Waals surface area contributed by atoms with E-state index in [2.05, 4.69) is 9.97 Å². The van der Waals surface area contributed by atoms with E-state index in [1.807, 2.05) is 30.3 Å². The molecule has 0 amide bonds. The molecule has 0 N–H and O–H groups in total. The quantitative estimate of drug-likeness (QED) is 0.851. The molecular formula is C15H17N3O3S. The van der Waals surface area contributed by atoms with Gasteiger partial charge in [-0.15, -0.1) is 0 Å². The SMILES string of the molecule is O=S(=O)(Cc1ccccc1)N1CCO[C@@H](c2cnccn2)C1. The van der Waals surface area contributed by atoms with Crippen LogP contribution < -0.4 is 0 Å². The van der Waals surface area contributed by atoms with E-state index < -0.39 is 10.0 Å². The zero-order valence-corrected chi connectivity index (χ0v) is 12.8. The van der Waals surface area contributed by atoms with E-state index in [9.17, 15) is 8.42 Å². The molecule has 116 valence electrons. The van der Waals surface area contributed by atoms with E-state index in [1.165, 1.54) is 4.31 Å². The molecule has 1 aromatic carbocycles. The summed E-state index contributed by atoms with van der Waals surface area (Å²) in [7, 11) is -3.37. The highest BCUT2D eigenvalue weighted by Gasteiger charge is 2.31. The van der Waals surface area contributed by atoms with Crippen molar-refractivity contribution in [3.05, 3.63) is 60.2 Å². The van der Waals surface area contributed by atoms with Gasteiger partial charge in [0.15, 0.2) is 0 Å². The molecule has 22 heavy (non-hydrogen) atoms. The average Bonchev–Trinajstić information content (AvgIpc) is 2.56. The second-order valence-corrected chi connectivity index (χ2v) is 7.06. The summed E-state index contributed by atoms with van der Waals surface area (Å²) in [6.07, 6.45) is 4.40. The fourth-order valence-corrected chi connectivity index (χ4v) is 3.92. The van der Waals surface area contributed by atoms with E-state index in [0.717, 1.165) is 5.56 Å². The van der Waals surface area contributed by atoms with Crippen molar-refractivity contribution in [2.45, 2.75) is 11.9 Å². The molecule has 1 aliphatic rings. The van der Waals surface area contributed by atoms with Crippen molar-refractivity contribution >= 4 is 10.0 Å². The molecule has 0 spiro atoms. The third-order valence-corrected chi connectivity index (χ3v) is 5.34. The van der Waals surface area contributed by atoms with Crippen molar-refractivity contribution < 1.29 is 13.2 Å². The first-order chi connectivity index (χ1) is 10.6. The number of benzene rings is 1. The Morgan fingerprint density at radius 1 is 1.23 bits per heavy atom. The second kappa shape index (κ2) is 6.51. The van der Waals surface area contributed by atoms with E-state index in [4.69, 9.17) is 4.74 Å². The number of hydrogen-bond donors (Lipinski definition) is 0. The summed E-state index contributed by atoms with van der Waals surface area (Å²) in [5, 5.41) is 0. The monoisotopic (exact) mass is 319 g/mol. The van der Waals surface area contributed by atoms with E-state index in [-0.39, 0.29) is 18.4 Å². The standard InChI is InChI=1S/C15H17N3O3S/c19-22(20,12-13-4-2-1-3-5-13)18-8-9-21-15(11-18)14-10-16-6-7-17-14/h1-7,10,15H,8-9,11-12H2/t15-/m1/s1. The van der Waals surface area contributed by atoms with Gasteiger partial charge in [-0.1, -0.05) is 30.3 Å². The first kappa shape index (κ1) is 15.1. The van der Waals surface area contributed by atoms with Gasteiger partial charge < -0.3 is 4.74 Å². The second-order valence-electron chi connectivity index (χ2n) is 5.09. The predicted molar refractivity (Wildman–Crippen MR) is 81.4 cm³/mol. The van der Waals surface area contributed by atoms with Gasteiger partial charge in [0.1, 0.15) is 6.10 Å². The molecule has 0 radical (unpaired) electrons. The Morgan fingerprint density at radius 2 is 2.05 bits per heavy atom. The molecule has 2 aromatic rings. The average molecular weight is 319 g/mol. The van der Waals surface area contributed by atoms with Crippen molar-refractivity contribution in [3.8, 4) is 0 Å². The van der Waals surface area contributed by atoms with Gasteiger partial charge in [-0.3, -0.25) is 9.97 Å². The van der Waals surface area contributed by atoms with Crippen LogP contribution in [-0.2, 0) is 20.5 Å². The number of ether oxygens (including phenoxy) is 1. The molecule has 1 aromatic heterocycles. The highest BCUT2D eigenvalue weighted by Crippen LogP contribution is 2.23. The Bertz CT molecular complexity index is 707. The molecule has 0 bridgehead atoms. The van der Waals surface area contributed by atoms with Crippen LogP contribution in [0, 0.1) is 0 Å². The fraction of sp³-hybridized carbons (Fsp3) is 0.333. The van der Waals surface area contributed by atoms with Crippen molar-refractivity contribution in [3.63, 3.8) is 0 Å². The van der Waals surface area contributed by atoms with Gasteiger partial charge in [0.25, 0.3) is 0 Å². The number of nitrogens with zero attached hydrogens (tertiary/aromatic N) is 3. The maximum absolute atomic E-state index is 12.6. The van der Waals surface area contributed by atoms with Crippen LogP contribution in [-0.4, -0.2) is 42.4 Å². The summed E-state index contributed by atoms with van der Waals surface area (Å²) < 4.78 is 32.2. The van der Waals surface area contributed by atoms with Crippen LogP contribution in [0.3, 0.4) is 0 Å². The third-order valence-electron chi connectivity index (χ3n) is 3.53. The van der Waals surface area contributed by atoms with Crippen LogP contribution in [0.1, 0.15) is 17.4 Å². The van der Waals surface area contributed by atoms with Gasteiger partial charge in [-0.05, 0) is 5.56 Å². The van der Waals surface area contributed by atoms with Gasteiger partial charge >= 0.3 is 0 Å². The number of aromatic nitrogens is 2. The maximum Gasteiger partial charge on any atom is 0.218 e. The van der Waals surface area contributed by atoms with Gasteiger partial charge in [0, 0.05) is 25.5 Å². The zero-order valence-electron chi connectivity index (χ0n) is 12.0. The molecule has 2 heterocycles. The molecule has 0 aliphatic carbocycles. The molecule has 6 nitrogen and oxygen atoms in total. The van der Waals surface area contributed by atoms with E-state index in [1.54, 1.807) is 18.6 Å². The molecule has 0 unspecified atom stereocenters. The first-order valence-corrected chi connectivity index (χ1v) is 8.65. The minimum Gasteiger partial charge on any atom is -0.369 e. The lowest BCUT2D eigenvalue weighted by molar-refractivity contribution is -0.00519. The van der Waals surface area contributed by atoms with Crippen LogP contribution >= 0.6 is 0 Å². The molecule has 1 aliphatic heterocycles. The lowest BCUT2D eigenvalue weighted by Gasteiger charge is -2.31. The van der Waals surface area contributed by atoms with Crippen LogP contribution in [0.25, 0.3) is 0 Å². The number of rotatable bonds is 4. The molecule has 3 rings (SSSR count). The normalized spacial score (nSPS) is 19.9. The maximum atomic E-state index is 12.6. The Kier molecular flexibility index (Phi) is 4.47. The lowest BCUT2D eigenvalue weighted by Crippen LogP contribution is -2.42. The van der Waals surface area contributed by atoms with Gasteiger partial charge in [0.2, 0.25) is 10.0 Å². The van der Waals surface area contributed by atoms with Crippen molar-refractivity contribution in [2.75, 3.05) is 19.7 Å². The Morgan fingerprint density at radius 3 is 2.77 bits per heavy atom. The number of sulfonamides is 1. The minimum absolute atomic E-state index is 0.00102. The van der Waals surface area contributed by atoms with Crippen molar-refractivity contribution in [1.29, 1.82) is 0 Å². The van der Waals surface area contributed by atoms with Gasteiger partial charge in [-0.25, -0.2) is 8.42 Å². The van der Waals surface area contributed by atoms with Gasteiger partial charge in [0.05, 0.1) is 24.3 Å². The molecule has 1 fully saturated rings. The van der Waals surface area contributed by atoms with Crippen molar-refractivity contribution in [1.82, 2.24) is 14.3 Å². The topological polar surface area (TPSA) is 72.4 Å². The molecule has 1 atom stereocenters. The zero-order chi connectivity index (χ0) is 15.4. The first-order valence-electron chi connectivity index (χ1n) is 7.04. The summed E-state index contributed by atoms with van der Waals surface area (Å²) in [6, 6.07) is 9.18. The van der Waals surface area contributed by atoms with Crippen molar-refractivity contribution in [2.24, 2.45) is 0 Å². The third kappa shape index (κ3) is 3.49. The smallest absolute Gasteiger partial charge is 0.218 e. The largest absolute Gasteiger partial charge is 0.369 e. The lowest BCUT2D eigenvalue weighted by atomic mass is 10.2. The highest BCUT2D eigenvalue weighted by atomic mass is 32.2. The molecule has 0 saturated carbocycles. The molecular weight excluding hydrogens is 302 g/mol. The summed E-state index contributed by atoms with van der Waals surface area (Å²) in [5.74, 6) is 0.00102. The molecule has 1 saturated heterocycles.